The number of hydrogen-bond donors (Lipinski definition) is 1. The van der Waals surface area contributed by atoms with Crippen molar-refractivity contribution in [3.8, 4) is 0 Å². The lowest BCUT2D eigenvalue weighted by Gasteiger charge is -2.13. The Balaban J connectivity index is 1.78. The monoisotopic (exact) mass is 364 g/mol. The summed E-state index contributed by atoms with van der Waals surface area (Å²) in [4.78, 5) is 17.3. The van der Waals surface area contributed by atoms with E-state index in [1.165, 1.54) is 17.3 Å². The predicted octanol–water partition coefficient (Wildman–Crippen LogP) is 5.45. The van der Waals surface area contributed by atoms with Gasteiger partial charge in [0.2, 0.25) is 5.91 Å². The molecule has 1 heterocycles. The molecule has 3 nitrogen and oxygen atoms in total. The van der Waals surface area contributed by atoms with Gasteiger partial charge in [0.05, 0.1) is 11.3 Å². The third kappa shape index (κ3) is 3.91. The van der Waals surface area contributed by atoms with Crippen LogP contribution in [0.4, 0.5) is 5.69 Å². The minimum absolute atomic E-state index is 0.00105. The van der Waals surface area contributed by atoms with E-state index in [-0.39, 0.29) is 5.91 Å². The SMILES string of the molecule is CCc1cc2cccc(C)c2nc1SCC(=O)Nc1c(C)cccc1C. The van der Waals surface area contributed by atoms with Gasteiger partial charge in [-0.25, -0.2) is 4.98 Å². The maximum atomic E-state index is 12.5. The molecule has 1 amide bonds. The Hall–Kier alpha value is -2.33. The van der Waals surface area contributed by atoms with Crippen molar-refractivity contribution >= 4 is 34.3 Å². The average molecular weight is 365 g/mol. The number of pyridine rings is 1. The molecule has 1 N–H and O–H groups in total. The fourth-order valence-corrected chi connectivity index (χ4v) is 3.96. The molecule has 0 fully saturated rings. The molecule has 0 saturated heterocycles. The topological polar surface area (TPSA) is 42.0 Å². The summed E-state index contributed by atoms with van der Waals surface area (Å²) in [5, 5.41) is 5.16. The van der Waals surface area contributed by atoms with E-state index >= 15 is 0 Å². The van der Waals surface area contributed by atoms with E-state index in [1.807, 2.05) is 32.0 Å². The molecule has 3 rings (SSSR count). The van der Waals surface area contributed by atoms with Crippen LogP contribution in [0, 0.1) is 20.8 Å². The first-order valence-electron chi connectivity index (χ1n) is 8.87. The van der Waals surface area contributed by atoms with Crippen molar-refractivity contribution in [2.75, 3.05) is 11.1 Å². The molecule has 0 bridgehead atoms. The second-order valence-electron chi connectivity index (χ2n) is 6.56. The van der Waals surface area contributed by atoms with Crippen molar-refractivity contribution < 1.29 is 4.79 Å². The van der Waals surface area contributed by atoms with Crippen LogP contribution in [0.15, 0.2) is 47.5 Å². The zero-order valence-corrected chi connectivity index (χ0v) is 16.5. The van der Waals surface area contributed by atoms with Gasteiger partial charge in [0, 0.05) is 11.1 Å². The number of fused-ring (bicyclic) bond motifs is 1. The van der Waals surface area contributed by atoms with Crippen molar-refractivity contribution in [3.05, 3.63) is 64.7 Å². The quantitative estimate of drug-likeness (QED) is 0.612. The fourth-order valence-electron chi connectivity index (χ4n) is 3.07. The van der Waals surface area contributed by atoms with Crippen molar-refractivity contribution in [2.24, 2.45) is 0 Å². The van der Waals surface area contributed by atoms with Gasteiger partial charge in [0.25, 0.3) is 0 Å². The van der Waals surface area contributed by atoms with Crippen LogP contribution in [-0.4, -0.2) is 16.6 Å². The average Bonchev–Trinajstić information content (AvgIpc) is 2.63. The molecule has 134 valence electrons. The fraction of sp³-hybridized carbons (Fsp3) is 0.273. The van der Waals surface area contributed by atoms with Gasteiger partial charge in [0.1, 0.15) is 5.03 Å². The van der Waals surface area contributed by atoms with Crippen molar-refractivity contribution in [1.29, 1.82) is 0 Å². The summed E-state index contributed by atoms with van der Waals surface area (Å²) < 4.78 is 0. The number of anilines is 1. The Labute approximate surface area is 159 Å². The lowest BCUT2D eigenvalue weighted by Crippen LogP contribution is -2.16. The summed E-state index contributed by atoms with van der Waals surface area (Å²) in [6, 6.07) is 14.4. The van der Waals surface area contributed by atoms with Crippen molar-refractivity contribution in [1.82, 2.24) is 4.98 Å². The summed E-state index contributed by atoms with van der Waals surface area (Å²) in [6.45, 7) is 8.22. The summed E-state index contributed by atoms with van der Waals surface area (Å²) >= 11 is 1.51. The predicted molar refractivity (Wildman–Crippen MR) is 111 cm³/mol. The Morgan fingerprint density at radius 2 is 1.69 bits per heavy atom. The molecular weight excluding hydrogens is 340 g/mol. The first-order valence-corrected chi connectivity index (χ1v) is 9.86. The number of amides is 1. The highest BCUT2D eigenvalue weighted by atomic mass is 32.2. The highest BCUT2D eigenvalue weighted by Gasteiger charge is 2.12. The van der Waals surface area contributed by atoms with Gasteiger partial charge in [-0.2, -0.15) is 0 Å². The maximum absolute atomic E-state index is 12.5. The minimum atomic E-state index is 0.00105. The number of hydrogen-bond acceptors (Lipinski definition) is 3. The van der Waals surface area contributed by atoms with Crippen LogP contribution in [0.3, 0.4) is 0 Å². The van der Waals surface area contributed by atoms with Gasteiger partial charge < -0.3 is 5.32 Å². The highest BCUT2D eigenvalue weighted by molar-refractivity contribution is 8.00. The number of aromatic nitrogens is 1. The first kappa shape index (κ1) is 18.5. The lowest BCUT2D eigenvalue weighted by atomic mass is 10.1. The van der Waals surface area contributed by atoms with Gasteiger partial charge in [-0.3, -0.25) is 4.79 Å². The second-order valence-corrected chi connectivity index (χ2v) is 7.52. The number of aryl methyl sites for hydroxylation is 4. The second kappa shape index (κ2) is 7.92. The lowest BCUT2D eigenvalue weighted by molar-refractivity contribution is -0.113. The normalized spacial score (nSPS) is 10.9. The minimum Gasteiger partial charge on any atom is -0.325 e. The third-order valence-corrected chi connectivity index (χ3v) is 5.59. The number of rotatable bonds is 5. The number of benzene rings is 2. The molecule has 3 aromatic rings. The molecule has 0 aliphatic carbocycles. The van der Waals surface area contributed by atoms with E-state index in [1.54, 1.807) is 0 Å². The molecule has 0 radical (unpaired) electrons. The number of para-hydroxylation sites is 2. The summed E-state index contributed by atoms with van der Waals surface area (Å²) in [7, 11) is 0. The van der Waals surface area contributed by atoms with Crippen LogP contribution in [0.1, 0.15) is 29.2 Å². The van der Waals surface area contributed by atoms with E-state index in [0.717, 1.165) is 44.7 Å². The largest absolute Gasteiger partial charge is 0.325 e. The Kier molecular flexibility index (Phi) is 5.62. The van der Waals surface area contributed by atoms with Crippen LogP contribution < -0.4 is 5.32 Å². The van der Waals surface area contributed by atoms with Crippen molar-refractivity contribution in [3.63, 3.8) is 0 Å². The smallest absolute Gasteiger partial charge is 0.234 e. The zero-order chi connectivity index (χ0) is 18.7. The molecule has 0 spiro atoms. The van der Waals surface area contributed by atoms with Crippen LogP contribution >= 0.6 is 11.8 Å². The molecule has 0 saturated carbocycles. The Morgan fingerprint density at radius 1 is 1.04 bits per heavy atom. The number of thioether (sulfide) groups is 1. The van der Waals surface area contributed by atoms with Gasteiger partial charge in [0.15, 0.2) is 0 Å². The third-order valence-electron chi connectivity index (χ3n) is 4.55. The number of carbonyl (C=O) groups is 1. The maximum Gasteiger partial charge on any atom is 0.234 e. The van der Waals surface area contributed by atoms with Crippen LogP contribution in [-0.2, 0) is 11.2 Å². The van der Waals surface area contributed by atoms with Gasteiger partial charge >= 0.3 is 0 Å². The molecule has 26 heavy (non-hydrogen) atoms. The van der Waals surface area contributed by atoms with Crippen molar-refractivity contribution in [2.45, 2.75) is 39.1 Å². The summed E-state index contributed by atoms with van der Waals surface area (Å²) in [5.74, 6) is 0.353. The van der Waals surface area contributed by atoms with E-state index in [9.17, 15) is 4.79 Å². The molecule has 2 aromatic carbocycles. The number of nitrogens with zero attached hydrogens (tertiary/aromatic N) is 1. The molecule has 0 atom stereocenters. The van der Waals surface area contributed by atoms with E-state index in [4.69, 9.17) is 4.98 Å². The van der Waals surface area contributed by atoms with Gasteiger partial charge in [-0.15, -0.1) is 0 Å². The van der Waals surface area contributed by atoms with Crippen LogP contribution in [0.2, 0.25) is 0 Å². The van der Waals surface area contributed by atoms with Crippen LogP contribution in [0.25, 0.3) is 10.9 Å². The standard InChI is InChI=1S/C22H24N2OS/c1-5-17-12-18-11-7-10-16(4)21(18)24-22(17)26-13-19(25)23-20-14(2)8-6-9-15(20)3/h6-12H,5,13H2,1-4H3,(H,23,25). The van der Waals surface area contributed by atoms with E-state index in [0.29, 0.717) is 5.75 Å². The molecule has 0 unspecified atom stereocenters. The summed E-state index contributed by atoms with van der Waals surface area (Å²) in [6.07, 6.45) is 0.901. The van der Waals surface area contributed by atoms with Gasteiger partial charge in [-0.1, -0.05) is 55.1 Å². The first-order chi connectivity index (χ1) is 12.5. The van der Waals surface area contributed by atoms with Gasteiger partial charge in [-0.05, 0) is 55.5 Å². The molecule has 0 aliphatic rings. The zero-order valence-electron chi connectivity index (χ0n) is 15.7. The molecule has 1 aromatic heterocycles. The highest BCUT2D eigenvalue weighted by Crippen LogP contribution is 2.27. The Morgan fingerprint density at radius 3 is 2.38 bits per heavy atom. The molecular formula is C22H24N2OS. The Bertz CT molecular complexity index is 946. The van der Waals surface area contributed by atoms with E-state index in [2.05, 4.69) is 43.4 Å². The molecule has 0 aliphatic heterocycles. The van der Waals surface area contributed by atoms with E-state index < -0.39 is 0 Å². The number of carbonyl (C=O) groups excluding carboxylic acids is 1. The summed E-state index contributed by atoms with van der Waals surface area (Å²) in [5.41, 5.74) is 6.44. The van der Waals surface area contributed by atoms with Crippen LogP contribution in [0.5, 0.6) is 0 Å². The number of nitrogens with one attached hydrogen (secondary N) is 1. The molecule has 4 heteroatoms.